The first-order valence-electron chi connectivity index (χ1n) is 13.3. The lowest BCUT2D eigenvalue weighted by Gasteiger charge is -2.30. The average molecular weight is 563 g/mol. The second-order valence-electron chi connectivity index (χ2n) is 9.85. The summed E-state index contributed by atoms with van der Waals surface area (Å²) in [4.78, 5) is 14.6. The van der Waals surface area contributed by atoms with Gasteiger partial charge in [-0.05, 0) is 47.5 Å². The number of aryl methyl sites for hydroxylation is 1. The molecule has 6 rings (SSSR count). The third-order valence-corrected chi connectivity index (χ3v) is 7.15. The van der Waals surface area contributed by atoms with Crippen molar-refractivity contribution in [2.24, 2.45) is 7.05 Å². The van der Waals surface area contributed by atoms with Crippen molar-refractivity contribution in [3.8, 4) is 33.7 Å². The largest absolute Gasteiger partial charge is 0.507 e. The fourth-order valence-corrected chi connectivity index (χ4v) is 5.18. The first-order valence-corrected chi connectivity index (χ1v) is 13.7. The van der Waals surface area contributed by atoms with Crippen molar-refractivity contribution >= 4 is 28.2 Å². The number of aromatic amines is 1. The smallest absolute Gasteiger partial charge is 0.332 e. The van der Waals surface area contributed by atoms with Gasteiger partial charge in [0.15, 0.2) is 0 Å². The number of piperazine rings is 1. The van der Waals surface area contributed by atoms with Crippen molar-refractivity contribution < 1.29 is 9.50 Å². The Morgan fingerprint density at radius 2 is 1.70 bits per heavy atom. The van der Waals surface area contributed by atoms with Gasteiger partial charge in [0.05, 0.1) is 22.4 Å². The van der Waals surface area contributed by atoms with E-state index in [4.69, 9.17) is 11.6 Å². The van der Waals surface area contributed by atoms with Gasteiger partial charge in [-0.1, -0.05) is 37.9 Å². The number of aromatic nitrogens is 4. The number of phenols is 1. The number of hydrogen-bond acceptors (Lipinski definition) is 5. The van der Waals surface area contributed by atoms with E-state index in [9.17, 15) is 14.3 Å². The second kappa shape index (κ2) is 11.6. The summed E-state index contributed by atoms with van der Waals surface area (Å²) in [6, 6.07) is 11.5. The summed E-state index contributed by atoms with van der Waals surface area (Å²) >= 11 is 6.54. The van der Waals surface area contributed by atoms with E-state index in [0.717, 1.165) is 42.8 Å². The van der Waals surface area contributed by atoms with Crippen LogP contribution in [0.4, 0.5) is 10.1 Å². The third-order valence-electron chi connectivity index (χ3n) is 6.85. The molecule has 3 heterocycles. The van der Waals surface area contributed by atoms with Crippen LogP contribution in [0.25, 0.3) is 38.8 Å². The summed E-state index contributed by atoms with van der Waals surface area (Å²) in [7, 11) is 1.65. The second-order valence-corrected chi connectivity index (χ2v) is 10.3. The molecule has 0 unspecified atom stereocenters. The molecule has 0 spiro atoms. The maximum atomic E-state index is 15.0. The number of benzene rings is 3. The van der Waals surface area contributed by atoms with Gasteiger partial charge in [0, 0.05) is 67.8 Å². The number of phenolic OH excluding ortho intramolecular Hbond substituents is 1. The normalized spacial score (nSPS) is 13.4. The van der Waals surface area contributed by atoms with Crippen LogP contribution in [0.5, 0.6) is 5.75 Å². The van der Waals surface area contributed by atoms with E-state index in [2.05, 4.69) is 34.3 Å². The van der Waals surface area contributed by atoms with Gasteiger partial charge < -0.3 is 19.9 Å². The van der Waals surface area contributed by atoms with Gasteiger partial charge in [0.25, 0.3) is 0 Å². The standard InChI is InChI=1S/C27H24ClFN6O2.C3H8/c1-33-8-9-35(27(33)37)24-3-2-16(10-22(24)28)19-13-18(29)14-20(26(19)36)17-11-23-21(15-31-32-23)25(12-17)34-6-4-30-5-7-34;1-3-2/h2-3,8-15,30,36H,4-7H2,1H3,(H,31,32);3H2,1-2H3. The van der Waals surface area contributed by atoms with Crippen LogP contribution < -0.4 is 15.9 Å². The number of aromatic hydroxyl groups is 1. The van der Waals surface area contributed by atoms with Crippen LogP contribution >= 0.6 is 11.6 Å². The number of H-pyrrole nitrogens is 1. The number of hydrogen-bond donors (Lipinski definition) is 3. The van der Waals surface area contributed by atoms with Gasteiger partial charge in [-0.3, -0.25) is 9.67 Å². The summed E-state index contributed by atoms with van der Waals surface area (Å²) in [5.74, 6) is -0.553. The number of rotatable bonds is 4. The summed E-state index contributed by atoms with van der Waals surface area (Å²) in [6.07, 6.45) is 6.31. The molecule has 1 aliphatic rings. The van der Waals surface area contributed by atoms with Gasteiger partial charge in [-0.15, -0.1) is 0 Å². The van der Waals surface area contributed by atoms with E-state index >= 15 is 0 Å². The molecule has 40 heavy (non-hydrogen) atoms. The molecular weight excluding hydrogens is 531 g/mol. The quantitative estimate of drug-likeness (QED) is 0.261. The average Bonchev–Trinajstić information content (AvgIpc) is 3.56. The van der Waals surface area contributed by atoms with Crippen LogP contribution in [0.3, 0.4) is 0 Å². The van der Waals surface area contributed by atoms with Crippen LogP contribution in [-0.2, 0) is 7.05 Å². The molecule has 3 N–H and O–H groups in total. The Hall–Kier alpha value is -4.08. The molecule has 1 aliphatic heterocycles. The zero-order chi connectivity index (χ0) is 28.4. The number of anilines is 1. The lowest BCUT2D eigenvalue weighted by Crippen LogP contribution is -2.43. The molecule has 0 radical (unpaired) electrons. The van der Waals surface area contributed by atoms with Gasteiger partial charge in [0.2, 0.25) is 0 Å². The van der Waals surface area contributed by atoms with E-state index < -0.39 is 5.82 Å². The summed E-state index contributed by atoms with van der Waals surface area (Å²) in [6.45, 7) is 7.65. The number of nitrogens with zero attached hydrogens (tertiary/aromatic N) is 4. The van der Waals surface area contributed by atoms with Gasteiger partial charge >= 0.3 is 5.69 Å². The Labute approximate surface area is 236 Å². The lowest BCUT2D eigenvalue weighted by atomic mass is 9.95. The van der Waals surface area contributed by atoms with Crippen LogP contribution in [0.2, 0.25) is 5.02 Å². The summed E-state index contributed by atoms with van der Waals surface area (Å²) in [5, 5.41) is 23.2. The van der Waals surface area contributed by atoms with Crippen LogP contribution in [0.1, 0.15) is 20.3 Å². The highest BCUT2D eigenvalue weighted by Crippen LogP contribution is 2.42. The van der Waals surface area contributed by atoms with Gasteiger partial charge in [0.1, 0.15) is 11.6 Å². The number of nitrogens with one attached hydrogen (secondary N) is 2. The molecule has 10 heteroatoms. The number of imidazole rings is 1. The predicted octanol–water partition coefficient (Wildman–Crippen LogP) is 5.71. The molecule has 3 aromatic carbocycles. The molecule has 0 atom stereocenters. The van der Waals surface area contributed by atoms with Crippen molar-refractivity contribution in [3.05, 3.63) is 82.4 Å². The third kappa shape index (κ3) is 5.22. The molecule has 5 aromatic rings. The molecule has 0 amide bonds. The van der Waals surface area contributed by atoms with E-state index in [0.29, 0.717) is 33.0 Å². The Bertz CT molecular complexity index is 1720. The first-order chi connectivity index (χ1) is 19.3. The molecule has 0 saturated carbocycles. The maximum absolute atomic E-state index is 15.0. The molecule has 2 aromatic heterocycles. The minimum Gasteiger partial charge on any atom is -0.507 e. The Balaban J connectivity index is 0.00000103. The molecule has 0 aliphatic carbocycles. The highest BCUT2D eigenvalue weighted by Gasteiger charge is 2.20. The SMILES string of the molecule is CCC.Cn1ccn(-c2ccc(-c3cc(F)cc(-c4cc(N5CCNCC5)c5cn[nH]c5c4)c3O)cc2Cl)c1=O. The molecule has 1 saturated heterocycles. The van der Waals surface area contributed by atoms with E-state index in [-0.39, 0.29) is 11.4 Å². The highest BCUT2D eigenvalue weighted by atomic mass is 35.5. The summed E-state index contributed by atoms with van der Waals surface area (Å²) in [5.41, 5.74) is 3.91. The summed E-state index contributed by atoms with van der Waals surface area (Å²) < 4.78 is 17.8. The van der Waals surface area contributed by atoms with Gasteiger partial charge in [-0.25, -0.2) is 9.18 Å². The maximum Gasteiger partial charge on any atom is 0.332 e. The van der Waals surface area contributed by atoms with Crippen molar-refractivity contribution in [1.29, 1.82) is 0 Å². The zero-order valence-corrected chi connectivity index (χ0v) is 23.5. The van der Waals surface area contributed by atoms with E-state index in [1.54, 1.807) is 43.8 Å². The van der Waals surface area contributed by atoms with Crippen LogP contribution in [-0.4, -0.2) is 50.6 Å². The topological polar surface area (TPSA) is 91.1 Å². The minimum atomic E-state index is -0.490. The fraction of sp³-hybridized carbons (Fsp3) is 0.267. The Kier molecular flexibility index (Phi) is 7.95. The highest BCUT2D eigenvalue weighted by molar-refractivity contribution is 6.32. The lowest BCUT2D eigenvalue weighted by molar-refractivity contribution is 0.477. The van der Waals surface area contributed by atoms with Crippen LogP contribution in [0.15, 0.2) is 65.8 Å². The van der Waals surface area contributed by atoms with Crippen molar-refractivity contribution in [2.45, 2.75) is 20.3 Å². The first kappa shape index (κ1) is 27.5. The molecule has 1 fully saturated rings. The molecule has 8 nitrogen and oxygen atoms in total. The number of fused-ring (bicyclic) bond motifs is 1. The fourth-order valence-electron chi connectivity index (χ4n) is 4.91. The molecule has 0 bridgehead atoms. The molecular formula is C30H32ClFN6O2. The van der Waals surface area contributed by atoms with Gasteiger partial charge in [-0.2, -0.15) is 5.10 Å². The van der Waals surface area contributed by atoms with Crippen molar-refractivity contribution in [3.63, 3.8) is 0 Å². The van der Waals surface area contributed by atoms with Crippen molar-refractivity contribution in [2.75, 3.05) is 31.1 Å². The molecule has 208 valence electrons. The van der Waals surface area contributed by atoms with E-state index in [1.807, 2.05) is 12.1 Å². The predicted molar refractivity (Wildman–Crippen MR) is 159 cm³/mol. The van der Waals surface area contributed by atoms with Crippen molar-refractivity contribution in [1.82, 2.24) is 24.6 Å². The number of halogens is 2. The zero-order valence-electron chi connectivity index (χ0n) is 22.7. The minimum absolute atomic E-state index is 0.0628. The Morgan fingerprint density at radius 1 is 1.00 bits per heavy atom. The van der Waals surface area contributed by atoms with E-state index in [1.165, 1.54) is 27.7 Å². The van der Waals surface area contributed by atoms with Crippen LogP contribution in [0, 0.1) is 5.82 Å². The Morgan fingerprint density at radius 3 is 2.35 bits per heavy atom. The monoisotopic (exact) mass is 562 g/mol.